The molecule has 0 spiro atoms. The lowest BCUT2D eigenvalue weighted by atomic mass is 10.3. The highest BCUT2D eigenvalue weighted by Crippen LogP contribution is 2.24. The summed E-state index contributed by atoms with van der Waals surface area (Å²) in [6, 6.07) is 14.1. The zero-order valence-electron chi connectivity index (χ0n) is 14.5. The number of rotatable bonds is 8. The molecule has 134 valence electrons. The number of amides is 1. The van der Waals surface area contributed by atoms with Crippen molar-refractivity contribution >= 4 is 17.5 Å². The van der Waals surface area contributed by atoms with Gasteiger partial charge >= 0.3 is 0 Å². The average molecular weight is 364 g/mol. The van der Waals surface area contributed by atoms with Crippen LogP contribution in [0.15, 0.2) is 48.5 Å². The van der Waals surface area contributed by atoms with Gasteiger partial charge in [-0.3, -0.25) is 4.79 Å². The SMILES string of the molecule is COc1ccc(OCC(C)NC(=O)C(C)Oc2ccccc2Cl)cc1. The van der Waals surface area contributed by atoms with E-state index in [9.17, 15) is 4.79 Å². The van der Waals surface area contributed by atoms with E-state index in [0.29, 0.717) is 23.1 Å². The minimum Gasteiger partial charge on any atom is -0.497 e. The average Bonchev–Trinajstić information content (AvgIpc) is 2.62. The number of carbonyl (C=O) groups is 1. The van der Waals surface area contributed by atoms with Crippen LogP contribution in [0.25, 0.3) is 0 Å². The number of nitrogens with one attached hydrogen (secondary N) is 1. The minimum absolute atomic E-state index is 0.174. The van der Waals surface area contributed by atoms with Crippen LogP contribution < -0.4 is 19.5 Å². The predicted octanol–water partition coefficient (Wildman–Crippen LogP) is 3.70. The van der Waals surface area contributed by atoms with Crippen molar-refractivity contribution in [2.45, 2.75) is 26.0 Å². The standard InChI is InChI=1S/C19H22ClNO4/c1-13(12-24-16-10-8-15(23-3)9-11-16)21-19(22)14(2)25-18-7-5-4-6-17(18)20/h4-11,13-14H,12H2,1-3H3,(H,21,22). The molecule has 2 unspecified atom stereocenters. The van der Waals surface area contributed by atoms with E-state index in [0.717, 1.165) is 5.75 Å². The van der Waals surface area contributed by atoms with Crippen molar-refractivity contribution in [1.29, 1.82) is 0 Å². The summed E-state index contributed by atoms with van der Waals surface area (Å²) in [4.78, 5) is 12.2. The predicted molar refractivity (Wildman–Crippen MR) is 97.6 cm³/mol. The fourth-order valence-corrected chi connectivity index (χ4v) is 2.26. The Balaban J connectivity index is 1.79. The lowest BCUT2D eigenvalue weighted by Crippen LogP contribution is -2.43. The maximum Gasteiger partial charge on any atom is 0.261 e. The molecule has 6 heteroatoms. The second-order valence-electron chi connectivity index (χ2n) is 5.59. The van der Waals surface area contributed by atoms with Gasteiger partial charge in [-0.15, -0.1) is 0 Å². The summed E-state index contributed by atoms with van der Waals surface area (Å²) in [6.07, 6.45) is -0.664. The van der Waals surface area contributed by atoms with Gasteiger partial charge in [-0.25, -0.2) is 0 Å². The Morgan fingerprint density at radius 2 is 1.72 bits per heavy atom. The highest BCUT2D eigenvalue weighted by atomic mass is 35.5. The topological polar surface area (TPSA) is 56.8 Å². The monoisotopic (exact) mass is 363 g/mol. The van der Waals surface area contributed by atoms with Crippen LogP contribution in [0, 0.1) is 0 Å². The zero-order valence-corrected chi connectivity index (χ0v) is 15.2. The molecule has 25 heavy (non-hydrogen) atoms. The Hall–Kier alpha value is -2.40. The number of halogens is 1. The van der Waals surface area contributed by atoms with Gasteiger partial charge in [0.1, 0.15) is 23.9 Å². The summed E-state index contributed by atoms with van der Waals surface area (Å²) >= 11 is 6.03. The summed E-state index contributed by atoms with van der Waals surface area (Å²) in [5, 5.41) is 3.33. The molecule has 0 bridgehead atoms. The van der Waals surface area contributed by atoms with Gasteiger partial charge in [-0.05, 0) is 50.2 Å². The third-order valence-electron chi connectivity index (χ3n) is 3.46. The quantitative estimate of drug-likeness (QED) is 0.777. The smallest absolute Gasteiger partial charge is 0.261 e. The number of ether oxygens (including phenoxy) is 3. The molecule has 2 atom stereocenters. The largest absolute Gasteiger partial charge is 0.497 e. The maximum atomic E-state index is 12.2. The van der Waals surface area contributed by atoms with Crippen LogP contribution >= 0.6 is 11.6 Å². The van der Waals surface area contributed by atoms with Crippen molar-refractivity contribution in [3.8, 4) is 17.2 Å². The third-order valence-corrected chi connectivity index (χ3v) is 3.77. The molecule has 5 nitrogen and oxygen atoms in total. The van der Waals surface area contributed by atoms with Gasteiger partial charge in [-0.1, -0.05) is 23.7 Å². The van der Waals surface area contributed by atoms with E-state index in [2.05, 4.69) is 5.32 Å². The van der Waals surface area contributed by atoms with Crippen LogP contribution in [0.4, 0.5) is 0 Å². The molecule has 0 heterocycles. The number of para-hydroxylation sites is 1. The summed E-state index contributed by atoms with van der Waals surface area (Å²) in [7, 11) is 1.61. The van der Waals surface area contributed by atoms with E-state index in [1.165, 1.54) is 0 Å². The molecular weight excluding hydrogens is 342 g/mol. The van der Waals surface area contributed by atoms with Crippen molar-refractivity contribution in [2.75, 3.05) is 13.7 Å². The first-order chi connectivity index (χ1) is 12.0. The van der Waals surface area contributed by atoms with Gasteiger partial charge in [-0.2, -0.15) is 0 Å². The molecule has 0 radical (unpaired) electrons. The highest BCUT2D eigenvalue weighted by molar-refractivity contribution is 6.32. The molecule has 1 N–H and O–H groups in total. The van der Waals surface area contributed by atoms with E-state index >= 15 is 0 Å². The number of hydrogen-bond donors (Lipinski definition) is 1. The first kappa shape index (κ1) is 18.9. The van der Waals surface area contributed by atoms with Gasteiger partial charge in [0.25, 0.3) is 5.91 Å². The number of carbonyl (C=O) groups excluding carboxylic acids is 1. The number of benzene rings is 2. The van der Waals surface area contributed by atoms with Crippen molar-refractivity contribution in [1.82, 2.24) is 5.32 Å². The Kier molecular flexibility index (Phi) is 6.95. The van der Waals surface area contributed by atoms with E-state index in [4.69, 9.17) is 25.8 Å². The summed E-state index contributed by atoms with van der Waals surface area (Å²) < 4.78 is 16.3. The van der Waals surface area contributed by atoms with Crippen LogP contribution in [0.5, 0.6) is 17.2 Å². The van der Waals surface area contributed by atoms with Crippen LogP contribution in [0.2, 0.25) is 5.02 Å². The van der Waals surface area contributed by atoms with E-state index < -0.39 is 6.10 Å². The summed E-state index contributed by atoms with van der Waals surface area (Å²) in [5.74, 6) is 1.72. The van der Waals surface area contributed by atoms with E-state index in [1.807, 2.05) is 31.2 Å². The highest BCUT2D eigenvalue weighted by Gasteiger charge is 2.18. The van der Waals surface area contributed by atoms with Crippen molar-refractivity contribution < 1.29 is 19.0 Å². The van der Waals surface area contributed by atoms with Crippen LogP contribution in [-0.2, 0) is 4.79 Å². The van der Waals surface area contributed by atoms with Crippen LogP contribution in [-0.4, -0.2) is 31.8 Å². The molecule has 0 aliphatic carbocycles. The van der Waals surface area contributed by atoms with E-state index in [1.54, 1.807) is 38.3 Å². The Labute approximate surface area is 152 Å². The first-order valence-corrected chi connectivity index (χ1v) is 8.36. The minimum atomic E-state index is -0.664. The molecule has 0 aliphatic rings. The summed E-state index contributed by atoms with van der Waals surface area (Å²) in [6.45, 7) is 3.89. The van der Waals surface area contributed by atoms with E-state index in [-0.39, 0.29) is 11.9 Å². The van der Waals surface area contributed by atoms with Gasteiger partial charge < -0.3 is 19.5 Å². The lowest BCUT2D eigenvalue weighted by Gasteiger charge is -2.19. The van der Waals surface area contributed by atoms with Gasteiger partial charge in [0.2, 0.25) is 0 Å². The maximum absolute atomic E-state index is 12.2. The molecule has 2 aromatic rings. The lowest BCUT2D eigenvalue weighted by molar-refractivity contribution is -0.128. The first-order valence-electron chi connectivity index (χ1n) is 7.98. The van der Waals surface area contributed by atoms with Crippen molar-refractivity contribution in [2.24, 2.45) is 0 Å². The molecule has 2 aromatic carbocycles. The Morgan fingerprint density at radius 3 is 2.36 bits per heavy atom. The normalized spacial score (nSPS) is 12.8. The molecule has 2 rings (SSSR count). The molecular formula is C19H22ClNO4. The Bertz CT molecular complexity index is 690. The van der Waals surface area contributed by atoms with Gasteiger partial charge in [0.15, 0.2) is 6.10 Å². The molecule has 1 amide bonds. The van der Waals surface area contributed by atoms with Gasteiger partial charge in [0, 0.05) is 0 Å². The fourth-order valence-electron chi connectivity index (χ4n) is 2.08. The van der Waals surface area contributed by atoms with Gasteiger partial charge in [0.05, 0.1) is 18.2 Å². The van der Waals surface area contributed by atoms with Crippen LogP contribution in [0.3, 0.4) is 0 Å². The Morgan fingerprint density at radius 1 is 1.08 bits per heavy atom. The fraction of sp³-hybridized carbons (Fsp3) is 0.316. The second-order valence-corrected chi connectivity index (χ2v) is 5.99. The third kappa shape index (κ3) is 5.87. The molecule has 0 aliphatic heterocycles. The van der Waals surface area contributed by atoms with Crippen LogP contribution in [0.1, 0.15) is 13.8 Å². The summed E-state index contributed by atoms with van der Waals surface area (Å²) in [5.41, 5.74) is 0. The van der Waals surface area contributed by atoms with Crippen molar-refractivity contribution in [3.05, 3.63) is 53.6 Å². The number of methoxy groups -OCH3 is 1. The second kappa shape index (κ2) is 9.18. The molecule has 0 fully saturated rings. The zero-order chi connectivity index (χ0) is 18.2. The van der Waals surface area contributed by atoms with Crippen molar-refractivity contribution in [3.63, 3.8) is 0 Å². The molecule has 0 saturated heterocycles. The molecule has 0 aromatic heterocycles. The molecule has 0 saturated carbocycles. The number of hydrogen-bond acceptors (Lipinski definition) is 4.